The summed E-state index contributed by atoms with van der Waals surface area (Å²) in [6.45, 7) is 1.82. The van der Waals surface area contributed by atoms with Crippen molar-refractivity contribution in [1.29, 1.82) is 0 Å². The second-order valence-corrected chi connectivity index (χ2v) is 6.30. The van der Waals surface area contributed by atoms with Crippen molar-refractivity contribution in [3.8, 4) is 11.5 Å². The van der Waals surface area contributed by atoms with Crippen LogP contribution < -0.4 is 21.1 Å². The highest BCUT2D eigenvalue weighted by Crippen LogP contribution is 2.27. The minimum atomic E-state index is -0.660. The first kappa shape index (κ1) is 22.6. The number of nitrogens with two attached hydrogens (primary N) is 1. The van der Waals surface area contributed by atoms with E-state index in [-0.39, 0.29) is 24.6 Å². The van der Waals surface area contributed by atoms with Crippen LogP contribution in [0.15, 0.2) is 60.8 Å². The van der Waals surface area contributed by atoms with Gasteiger partial charge in [0.1, 0.15) is 23.1 Å². The van der Waals surface area contributed by atoms with E-state index in [2.05, 4.69) is 15.6 Å². The highest BCUT2D eigenvalue weighted by molar-refractivity contribution is 6.01. The van der Waals surface area contributed by atoms with E-state index in [4.69, 9.17) is 10.5 Å². The lowest BCUT2D eigenvalue weighted by Gasteiger charge is -2.12. The number of hydrogen-bond acceptors (Lipinski definition) is 5. The fraction of sp³-hybridized carbons (Fsp3) is 0.0952. The molecule has 0 saturated carbocycles. The van der Waals surface area contributed by atoms with Gasteiger partial charge in [-0.15, -0.1) is 12.4 Å². The molecule has 0 bridgehead atoms. The topological polar surface area (TPSA) is 106 Å². The molecular weight excluding hydrogens is 411 g/mol. The monoisotopic (exact) mass is 430 g/mol. The second kappa shape index (κ2) is 10.2. The van der Waals surface area contributed by atoms with Gasteiger partial charge in [-0.3, -0.25) is 10.1 Å². The fourth-order valence-corrected chi connectivity index (χ4v) is 2.58. The van der Waals surface area contributed by atoms with Gasteiger partial charge in [-0.1, -0.05) is 12.1 Å². The van der Waals surface area contributed by atoms with Crippen molar-refractivity contribution in [3.63, 3.8) is 0 Å². The van der Waals surface area contributed by atoms with E-state index in [1.807, 2.05) is 6.92 Å². The highest BCUT2D eigenvalue weighted by atomic mass is 35.5. The number of ether oxygens (including phenoxy) is 1. The summed E-state index contributed by atoms with van der Waals surface area (Å²) in [5.41, 5.74) is 7.51. The van der Waals surface area contributed by atoms with E-state index in [9.17, 15) is 14.0 Å². The first-order valence-corrected chi connectivity index (χ1v) is 8.74. The predicted molar refractivity (Wildman–Crippen MR) is 114 cm³/mol. The Balaban J connectivity index is 0.00000320. The molecule has 0 radical (unpaired) electrons. The zero-order chi connectivity index (χ0) is 20.8. The number of anilines is 2. The molecule has 0 atom stereocenters. The number of nitrogens with one attached hydrogen (secondary N) is 2. The van der Waals surface area contributed by atoms with Crippen LogP contribution in [-0.4, -0.2) is 16.9 Å². The summed E-state index contributed by atoms with van der Waals surface area (Å²) in [6.07, 6.45) is 1.51. The Labute approximate surface area is 178 Å². The molecule has 0 aliphatic rings. The van der Waals surface area contributed by atoms with Crippen LogP contribution in [0.1, 0.15) is 11.1 Å². The van der Waals surface area contributed by atoms with E-state index in [1.165, 1.54) is 24.3 Å². The SMILES string of the molecule is Cc1cc(NC(=O)NC(=O)Cc2ccc(F)cc2)ccc1Oc1ccnc(N)c1.Cl. The maximum atomic E-state index is 12.9. The Kier molecular flexibility index (Phi) is 7.71. The quantitative estimate of drug-likeness (QED) is 0.562. The summed E-state index contributed by atoms with van der Waals surface area (Å²) in [5.74, 6) is 0.600. The molecule has 0 aliphatic carbocycles. The van der Waals surface area contributed by atoms with Crippen molar-refractivity contribution < 1.29 is 18.7 Å². The lowest BCUT2D eigenvalue weighted by molar-refractivity contribution is -0.119. The number of carbonyl (C=O) groups excluding carboxylic acids is 2. The van der Waals surface area contributed by atoms with E-state index in [1.54, 1.807) is 36.5 Å². The number of halogens is 2. The van der Waals surface area contributed by atoms with E-state index < -0.39 is 11.9 Å². The molecular formula is C21H20ClFN4O3. The van der Waals surface area contributed by atoms with Crippen molar-refractivity contribution >= 4 is 35.9 Å². The van der Waals surface area contributed by atoms with Crippen LogP contribution >= 0.6 is 12.4 Å². The number of benzene rings is 2. The summed E-state index contributed by atoms with van der Waals surface area (Å²) in [5, 5.41) is 4.83. The van der Waals surface area contributed by atoms with Gasteiger partial charge >= 0.3 is 6.03 Å². The molecule has 0 spiro atoms. The van der Waals surface area contributed by atoms with Crippen LogP contribution in [0, 0.1) is 12.7 Å². The summed E-state index contributed by atoms with van der Waals surface area (Å²) in [4.78, 5) is 27.9. The van der Waals surface area contributed by atoms with Crippen molar-refractivity contribution in [1.82, 2.24) is 10.3 Å². The number of pyridine rings is 1. The lowest BCUT2D eigenvalue weighted by atomic mass is 10.1. The number of nitrogens with zero attached hydrogens (tertiary/aromatic N) is 1. The third-order valence-corrected chi connectivity index (χ3v) is 3.94. The highest BCUT2D eigenvalue weighted by Gasteiger charge is 2.10. The molecule has 7 nitrogen and oxygen atoms in total. The van der Waals surface area contributed by atoms with Crippen molar-refractivity contribution in [2.24, 2.45) is 0 Å². The van der Waals surface area contributed by atoms with Crippen molar-refractivity contribution in [2.75, 3.05) is 11.1 Å². The average Bonchev–Trinajstić information content (AvgIpc) is 2.66. The van der Waals surface area contributed by atoms with Crippen LogP contribution in [0.5, 0.6) is 11.5 Å². The molecule has 3 rings (SSSR count). The van der Waals surface area contributed by atoms with Crippen LogP contribution in [0.3, 0.4) is 0 Å². The van der Waals surface area contributed by atoms with Gasteiger partial charge in [-0.05, 0) is 54.4 Å². The summed E-state index contributed by atoms with van der Waals surface area (Å²) < 4.78 is 18.7. The number of carbonyl (C=O) groups is 2. The van der Waals surface area contributed by atoms with Gasteiger partial charge in [0.05, 0.1) is 6.42 Å². The number of aryl methyl sites for hydroxylation is 1. The molecule has 2 aromatic carbocycles. The first-order valence-electron chi connectivity index (χ1n) is 8.74. The molecule has 30 heavy (non-hydrogen) atoms. The molecule has 3 aromatic rings. The zero-order valence-electron chi connectivity index (χ0n) is 16.0. The van der Waals surface area contributed by atoms with E-state index in [0.29, 0.717) is 28.6 Å². The Morgan fingerprint density at radius 2 is 1.83 bits per heavy atom. The maximum Gasteiger partial charge on any atom is 0.325 e. The van der Waals surface area contributed by atoms with E-state index in [0.717, 1.165) is 5.56 Å². The molecule has 9 heteroatoms. The standard InChI is InChI=1S/C21H19FN4O3.ClH/c1-13-10-16(6-7-18(13)29-17-8-9-24-19(23)12-17)25-21(28)26-20(27)11-14-2-4-15(22)5-3-14;/h2-10,12H,11H2,1H3,(H2,23,24)(H2,25,26,27,28);1H. The van der Waals surface area contributed by atoms with Crippen molar-refractivity contribution in [3.05, 3.63) is 77.7 Å². The number of rotatable bonds is 5. The minimum absolute atomic E-state index is 0. The van der Waals surface area contributed by atoms with Crippen LogP contribution in [0.25, 0.3) is 0 Å². The largest absolute Gasteiger partial charge is 0.457 e. The molecule has 4 N–H and O–H groups in total. The molecule has 3 amide bonds. The van der Waals surface area contributed by atoms with Crippen LogP contribution in [-0.2, 0) is 11.2 Å². The predicted octanol–water partition coefficient (Wildman–Crippen LogP) is 4.22. The van der Waals surface area contributed by atoms with Crippen molar-refractivity contribution in [2.45, 2.75) is 13.3 Å². The number of imide groups is 1. The van der Waals surface area contributed by atoms with Gasteiger partial charge in [0.15, 0.2) is 0 Å². The second-order valence-electron chi connectivity index (χ2n) is 6.30. The van der Waals surface area contributed by atoms with Gasteiger partial charge in [-0.25, -0.2) is 14.2 Å². The third kappa shape index (κ3) is 6.46. The van der Waals surface area contributed by atoms with Gasteiger partial charge < -0.3 is 15.8 Å². The Hall–Kier alpha value is -3.65. The van der Waals surface area contributed by atoms with E-state index >= 15 is 0 Å². The number of aromatic nitrogens is 1. The number of hydrogen-bond donors (Lipinski definition) is 3. The fourth-order valence-electron chi connectivity index (χ4n) is 2.58. The lowest BCUT2D eigenvalue weighted by Crippen LogP contribution is -2.35. The molecule has 0 fully saturated rings. The average molecular weight is 431 g/mol. The van der Waals surface area contributed by atoms with Gasteiger partial charge in [0.2, 0.25) is 5.91 Å². The summed E-state index contributed by atoms with van der Waals surface area (Å²) in [7, 11) is 0. The minimum Gasteiger partial charge on any atom is -0.457 e. The molecule has 156 valence electrons. The van der Waals surface area contributed by atoms with Gasteiger partial charge in [0.25, 0.3) is 0 Å². The molecule has 0 saturated heterocycles. The Morgan fingerprint density at radius 3 is 2.50 bits per heavy atom. The number of amides is 3. The first-order chi connectivity index (χ1) is 13.9. The van der Waals surface area contributed by atoms with Crippen LogP contribution in [0.4, 0.5) is 20.7 Å². The number of nitrogen functional groups attached to an aromatic ring is 1. The molecule has 1 aromatic heterocycles. The normalized spacial score (nSPS) is 9.93. The molecule has 0 aliphatic heterocycles. The maximum absolute atomic E-state index is 12.9. The Bertz CT molecular complexity index is 1040. The molecule has 0 unspecified atom stereocenters. The third-order valence-electron chi connectivity index (χ3n) is 3.94. The molecule has 1 heterocycles. The zero-order valence-corrected chi connectivity index (χ0v) is 16.8. The summed E-state index contributed by atoms with van der Waals surface area (Å²) >= 11 is 0. The van der Waals surface area contributed by atoms with Gasteiger partial charge in [-0.2, -0.15) is 0 Å². The smallest absolute Gasteiger partial charge is 0.325 e. The summed E-state index contributed by atoms with van der Waals surface area (Å²) in [6, 6.07) is 13.2. The number of urea groups is 1. The van der Waals surface area contributed by atoms with Gasteiger partial charge in [0, 0.05) is 18.0 Å². The Morgan fingerprint density at radius 1 is 1.10 bits per heavy atom. The van der Waals surface area contributed by atoms with Crippen LogP contribution in [0.2, 0.25) is 0 Å².